The Morgan fingerprint density at radius 2 is 1.78 bits per heavy atom. The molecule has 0 amide bonds. The van der Waals surface area contributed by atoms with E-state index in [1.165, 1.54) is 5.56 Å². The number of aryl methyl sites for hydroxylation is 2. The predicted octanol–water partition coefficient (Wildman–Crippen LogP) is 4.99. The third-order valence-electron chi connectivity index (χ3n) is 3.38. The molecule has 2 aromatic carbocycles. The van der Waals surface area contributed by atoms with Crippen molar-refractivity contribution in [2.45, 2.75) is 20.5 Å². The van der Waals surface area contributed by atoms with Crippen molar-refractivity contribution in [1.29, 1.82) is 0 Å². The Balaban J connectivity index is 1.83. The lowest BCUT2D eigenvalue weighted by Crippen LogP contribution is -2.01. The van der Waals surface area contributed by atoms with Gasteiger partial charge in [-0.15, -0.1) is 0 Å². The summed E-state index contributed by atoms with van der Waals surface area (Å²) in [6, 6.07) is 17.6. The summed E-state index contributed by atoms with van der Waals surface area (Å²) in [5.74, 6) is 1.18. The van der Waals surface area contributed by atoms with E-state index in [1.807, 2.05) is 49.4 Å². The molecule has 0 spiro atoms. The van der Waals surface area contributed by atoms with E-state index in [9.17, 15) is 0 Å². The van der Waals surface area contributed by atoms with Gasteiger partial charge in [-0.05, 0) is 31.5 Å². The van der Waals surface area contributed by atoms with Gasteiger partial charge in [0.2, 0.25) is 5.88 Å². The normalized spacial score (nSPS) is 10.6. The SMILES string of the molecule is Cc1cccc(COc2cc(C)nc(-c3cccc(Cl)c3)n2)c1. The Morgan fingerprint density at radius 3 is 2.57 bits per heavy atom. The number of aromatic nitrogens is 2. The molecule has 116 valence electrons. The molecular weight excluding hydrogens is 308 g/mol. The average molecular weight is 325 g/mol. The van der Waals surface area contributed by atoms with Crippen molar-refractivity contribution in [2.75, 3.05) is 0 Å². The maximum Gasteiger partial charge on any atom is 0.217 e. The summed E-state index contributed by atoms with van der Waals surface area (Å²) in [7, 11) is 0. The zero-order valence-electron chi connectivity index (χ0n) is 13.1. The van der Waals surface area contributed by atoms with E-state index >= 15 is 0 Å². The lowest BCUT2D eigenvalue weighted by molar-refractivity contribution is 0.293. The van der Waals surface area contributed by atoms with Gasteiger partial charge < -0.3 is 4.74 Å². The summed E-state index contributed by atoms with van der Waals surface area (Å²) in [5.41, 5.74) is 4.06. The van der Waals surface area contributed by atoms with Crippen LogP contribution in [0.15, 0.2) is 54.6 Å². The molecule has 1 aromatic heterocycles. The highest BCUT2D eigenvalue weighted by molar-refractivity contribution is 6.30. The zero-order chi connectivity index (χ0) is 16.2. The fourth-order valence-corrected chi connectivity index (χ4v) is 2.52. The summed E-state index contributed by atoms with van der Waals surface area (Å²) in [6.07, 6.45) is 0. The molecule has 0 saturated carbocycles. The Labute approximate surface area is 140 Å². The number of halogens is 1. The predicted molar refractivity (Wildman–Crippen MR) is 92.7 cm³/mol. The van der Waals surface area contributed by atoms with Crippen LogP contribution in [0.25, 0.3) is 11.4 Å². The number of nitrogens with zero attached hydrogens (tertiary/aromatic N) is 2. The highest BCUT2D eigenvalue weighted by Crippen LogP contribution is 2.22. The van der Waals surface area contributed by atoms with Crippen molar-refractivity contribution < 1.29 is 4.74 Å². The van der Waals surface area contributed by atoms with E-state index in [2.05, 4.69) is 29.0 Å². The first kappa shape index (κ1) is 15.5. The Hall–Kier alpha value is -2.39. The van der Waals surface area contributed by atoms with Gasteiger partial charge in [0.1, 0.15) is 6.61 Å². The summed E-state index contributed by atoms with van der Waals surface area (Å²) >= 11 is 6.04. The minimum atomic E-state index is 0.479. The number of hydrogen-bond donors (Lipinski definition) is 0. The Kier molecular flexibility index (Phi) is 4.58. The van der Waals surface area contributed by atoms with Crippen LogP contribution in [0.2, 0.25) is 5.02 Å². The van der Waals surface area contributed by atoms with E-state index in [0.717, 1.165) is 16.8 Å². The maximum atomic E-state index is 6.04. The monoisotopic (exact) mass is 324 g/mol. The molecular formula is C19H17ClN2O. The molecule has 0 atom stereocenters. The van der Waals surface area contributed by atoms with Crippen LogP contribution in [0.5, 0.6) is 5.88 Å². The fraction of sp³-hybridized carbons (Fsp3) is 0.158. The second-order valence-electron chi connectivity index (χ2n) is 5.46. The van der Waals surface area contributed by atoms with Crippen molar-refractivity contribution in [3.05, 3.63) is 76.4 Å². The van der Waals surface area contributed by atoms with Gasteiger partial charge in [0, 0.05) is 22.3 Å². The Bertz CT molecular complexity index is 833. The minimum absolute atomic E-state index is 0.479. The summed E-state index contributed by atoms with van der Waals surface area (Å²) in [6.45, 7) is 4.47. The van der Waals surface area contributed by atoms with E-state index < -0.39 is 0 Å². The molecule has 1 heterocycles. The van der Waals surface area contributed by atoms with Crippen molar-refractivity contribution in [3.8, 4) is 17.3 Å². The lowest BCUT2D eigenvalue weighted by atomic mass is 10.1. The smallest absolute Gasteiger partial charge is 0.217 e. The molecule has 0 aliphatic carbocycles. The molecule has 0 aliphatic rings. The van der Waals surface area contributed by atoms with Gasteiger partial charge in [-0.25, -0.2) is 4.98 Å². The van der Waals surface area contributed by atoms with Crippen LogP contribution in [-0.2, 0) is 6.61 Å². The van der Waals surface area contributed by atoms with Gasteiger partial charge in [0.15, 0.2) is 5.82 Å². The molecule has 0 aliphatic heterocycles. The number of hydrogen-bond acceptors (Lipinski definition) is 3. The van der Waals surface area contributed by atoms with Gasteiger partial charge in [-0.1, -0.05) is 53.6 Å². The molecule has 0 saturated heterocycles. The summed E-state index contributed by atoms with van der Waals surface area (Å²) in [4.78, 5) is 8.96. The standard InChI is InChI=1S/C19H17ClN2O/c1-13-5-3-6-15(9-13)12-23-18-10-14(2)21-19(22-18)16-7-4-8-17(20)11-16/h3-11H,12H2,1-2H3. The molecule has 0 unspecified atom stereocenters. The van der Waals surface area contributed by atoms with Crippen LogP contribution in [0.4, 0.5) is 0 Å². The van der Waals surface area contributed by atoms with Crippen molar-refractivity contribution in [1.82, 2.24) is 9.97 Å². The van der Waals surface area contributed by atoms with E-state index in [4.69, 9.17) is 16.3 Å². The first-order chi connectivity index (χ1) is 11.1. The van der Waals surface area contributed by atoms with Crippen LogP contribution in [0.3, 0.4) is 0 Å². The molecule has 3 rings (SSSR count). The number of rotatable bonds is 4. The first-order valence-corrected chi connectivity index (χ1v) is 7.78. The molecule has 0 radical (unpaired) electrons. The van der Waals surface area contributed by atoms with Gasteiger partial charge in [-0.2, -0.15) is 4.98 Å². The van der Waals surface area contributed by atoms with Gasteiger partial charge in [0.25, 0.3) is 0 Å². The maximum absolute atomic E-state index is 6.04. The van der Waals surface area contributed by atoms with Gasteiger partial charge in [0.05, 0.1) is 0 Å². The van der Waals surface area contributed by atoms with Crippen molar-refractivity contribution in [2.24, 2.45) is 0 Å². The second-order valence-corrected chi connectivity index (χ2v) is 5.90. The van der Waals surface area contributed by atoms with E-state index in [1.54, 1.807) is 0 Å². The Morgan fingerprint density at radius 1 is 0.957 bits per heavy atom. The summed E-state index contributed by atoms with van der Waals surface area (Å²) in [5, 5.41) is 0.662. The topological polar surface area (TPSA) is 35.0 Å². The van der Waals surface area contributed by atoms with Crippen LogP contribution in [0.1, 0.15) is 16.8 Å². The lowest BCUT2D eigenvalue weighted by Gasteiger charge is -2.09. The molecule has 4 heteroatoms. The second kappa shape index (κ2) is 6.80. The molecule has 23 heavy (non-hydrogen) atoms. The average Bonchev–Trinajstić information content (AvgIpc) is 2.52. The molecule has 0 N–H and O–H groups in total. The third-order valence-corrected chi connectivity index (χ3v) is 3.62. The zero-order valence-corrected chi connectivity index (χ0v) is 13.8. The minimum Gasteiger partial charge on any atom is -0.473 e. The highest BCUT2D eigenvalue weighted by atomic mass is 35.5. The van der Waals surface area contributed by atoms with Gasteiger partial charge in [-0.3, -0.25) is 0 Å². The number of ether oxygens (including phenoxy) is 1. The van der Waals surface area contributed by atoms with Crippen LogP contribution >= 0.6 is 11.6 Å². The quantitative estimate of drug-likeness (QED) is 0.678. The number of benzene rings is 2. The fourth-order valence-electron chi connectivity index (χ4n) is 2.33. The van der Waals surface area contributed by atoms with Crippen molar-refractivity contribution in [3.63, 3.8) is 0 Å². The van der Waals surface area contributed by atoms with Gasteiger partial charge >= 0.3 is 0 Å². The van der Waals surface area contributed by atoms with E-state index in [-0.39, 0.29) is 0 Å². The largest absolute Gasteiger partial charge is 0.473 e. The summed E-state index contributed by atoms with van der Waals surface area (Å²) < 4.78 is 5.84. The third kappa shape index (κ3) is 4.08. The molecule has 0 fully saturated rings. The van der Waals surface area contributed by atoms with Crippen LogP contribution < -0.4 is 4.74 Å². The first-order valence-electron chi connectivity index (χ1n) is 7.40. The van der Waals surface area contributed by atoms with E-state index in [0.29, 0.717) is 23.3 Å². The molecule has 0 bridgehead atoms. The van der Waals surface area contributed by atoms with Crippen LogP contribution in [-0.4, -0.2) is 9.97 Å². The van der Waals surface area contributed by atoms with Crippen molar-refractivity contribution >= 4 is 11.6 Å². The molecule has 3 nitrogen and oxygen atoms in total. The molecule has 3 aromatic rings. The van der Waals surface area contributed by atoms with Crippen LogP contribution in [0, 0.1) is 13.8 Å². The highest BCUT2D eigenvalue weighted by Gasteiger charge is 2.07.